The first-order chi connectivity index (χ1) is 10.2. The van der Waals surface area contributed by atoms with E-state index in [1.807, 2.05) is 0 Å². The number of nitrogens with two attached hydrogens (primary N) is 1. The molecule has 0 unspecified atom stereocenters. The molecule has 1 aromatic heterocycles. The summed E-state index contributed by atoms with van der Waals surface area (Å²) in [5.74, 6) is 0. The van der Waals surface area contributed by atoms with Gasteiger partial charge in [-0.15, -0.1) is 0 Å². The Morgan fingerprint density at radius 2 is 2.05 bits per heavy atom. The molecule has 21 heavy (non-hydrogen) atoms. The van der Waals surface area contributed by atoms with Crippen LogP contribution >= 0.6 is 11.3 Å². The van der Waals surface area contributed by atoms with Crippen LogP contribution in [0, 0.1) is 6.92 Å². The number of thiazole rings is 1. The maximum Gasteiger partial charge on any atom is 0.181 e. The van der Waals surface area contributed by atoms with E-state index in [4.69, 9.17) is 5.73 Å². The molecule has 4 heteroatoms. The van der Waals surface area contributed by atoms with Crippen LogP contribution in [0.1, 0.15) is 18.1 Å². The Labute approximate surface area is 129 Å². The molecular formula is C17H19N3S. The van der Waals surface area contributed by atoms with Crippen molar-refractivity contribution in [3.8, 4) is 0 Å². The molecule has 0 aliphatic heterocycles. The molecule has 0 aliphatic rings. The van der Waals surface area contributed by atoms with E-state index in [-0.39, 0.29) is 0 Å². The van der Waals surface area contributed by atoms with Gasteiger partial charge in [0.1, 0.15) is 0 Å². The largest absolute Gasteiger partial charge is 0.375 e. The molecule has 2 aromatic carbocycles. The Morgan fingerprint density at radius 3 is 2.81 bits per heavy atom. The second-order valence-electron chi connectivity index (χ2n) is 5.21. The molecule has 0 fully saturated rings. The van der Waals surface area contributed by atoms with Crippen molar-refractivity contribution < 1.29 is 0 Å². The lowest BCUT2D eigenvalue weighted by Gasteiger charge is -2.23. The fraction of sp³-hybridized carbons (Fsp3) is 0.235. The van der Waals surface area contributed by atoms with Crippen LogP contribution in [0.4, 0.5) is 10.8 Å². The number of aryl methyl sites for hydroxylation is 1. The summed E-state index contributed by atoms with van der Waals surface area (Å²) in [5, 5.41) is 0.633. The summed E-state index contributed by atoms with van der Waals surface area (Å²) in [4.78, 5) is 6.68. The standard InChI is InChI=1S/C17H19N3S/c1-3-20(14-6-4-5-12(2)9-14)11-13-7-8-15-16(10-13)21-17(18)19-15/h4-10H,3,11H2,1-2H3,(H2,18,19). The van der Waals surface area contributed by atoms with Crippen LogP contribution < -0.4 is 10.6 Å². The number of hydrogen-bond acceptors (Lipinski definition) is 4. The van der Waals surface area contributed by atoms with Crippen molar-refractivity contribution in [1.29, 1.82) is 0 Å². The molecule has 0 bridgehead atoms. The maximum atomic E-state index is 5.77. The summed E-state index contributed by atoms with van der Waals surface area (Å²) in [6.07, 6.45) is 0. The minimum absolute atomic E-state index is 0.633. The molecule has 2 N–H and O–H groups in total. The molecule has 0 amide bonds. The minimum Gasteiger partial charge on any atom is -0.375 e. The zero-order chi connectivity index (χ0) is 14.8. The summed E-state index contributed by atoms with van der Waals surface area (Å²) >= 11 is 1.55. The normalized spacial score (nSPS) is 11.0. The summed E-state index contributed by atoms with van der Waals surface area (Å²) in [5.41, 5.74) is 10.6. The highest BCUT2D eigenvalue weighted by Gasteiger charge is 2.07. The van der Waals surface area contributed by atoms with Crippen molar-refractivity contribution in [3.05, 3.63) is 53.6 Å². The van der Waals surface area contributed by atoms with Gasteiger partial charge in [-0.2, -0.15) is 0 Å². The number of nitrogens with zero attached hydrogens (tertiary/aromatic N) is 2. The van der Waals surface area contributed by atoms with Crippen molar-refractivity contribution in [2.45, 2.75) is 20.4 Å². The monoisotopic (exact) mass is 297 g/mol. The Hall–Kier alpha value is -2.07. The third-order valence-electron chi connectivity index (χ3n) is 3.59. The fourth-order valence-corrected chi connectivity index (χ4v) is 3.31. The van der Waals surface area contributed by atoms with Crippen molar-refractivity contribution >= 4 is 32.4 Å². The van der Waals surface area contributed by atoms with Gasteiger partial charge < -0.3 is 10.6 Å². The van der Waals surface area contributed by atoms with Crippen LogP contribution in [0.2, 0.25) is 0 Å². The fourth-order valence-electron chi connectivity index (χ4n) is 2.52. The first-order valence-electron chi connectivity index (χ1n) is 7.12. The first kappa shape index (κ1) is 13.9. The van der Waals surface area contributed by atoms with Crippen molar-refractivity contribution in [2.24, 2.45) is 0 Å². The first-order valence-corrected chi connectivity index (χ1v) is 7.94. The third-order valence-corrected chi connectivity index (χ3v) is 4.44. The summed E-state index contributed by atoms with van der Waals surface area (Å²) in [7, 11) is 0. The molecule has 0 aliphatic carbocycles. The van der Waals surface area contributed by atoms with E-state index in [1.54, 1.807) is 11.3 Å². The van der Waals surface area contributed by atoms with E-state index < -0.39 is 0 Å². The van der Waals surface area contributed by atoms with E-state index in [1.165, 1.54) is 16.8 Å². The quantitative estimate of drug-likeness (QED) is 0.784. The number of fused-ring (bicyclic) bond motifs is 1. The van der Waals surface area contributed by atoms with Crippen LogP contribution in [0.25, 0.3) is 10.2 Å². The highest BCUT2D eigenvalue weighted by molar-refractivity contribution is 7.22. The predicted molar refractivity (Wildman–Crippen MR) is 91.9 cm³/mol. The molecule has 0 atom stereocenters. The van der Waals surface area contributed by atoms with Crippen LogP contribution in [-0.4, -0.2) is 11.5 Å². The Kier molecular flexibility index (Phi) is 3.80. The molecule has 0 radical (unpaired) electrons. The lowest BCUT2D eigenvalue weighted by molar-refractivity contribution is 0.832. The number of aromatic nitrogens is 1. The number of rotatable bonds is 4. The number of anilines is 2. The molecule has 3 nitrogen and oxygen atoms in total. The minimum atomic E-state index is 0.633. The Balaban J connectivity index is 1.88. The smallest absolute Gasteiger partial charge is 0.181 e. The third kappa shape index (κ3) is 3.00. The topological polar surface area (TPSA) is 42.2 Å². The number of nitrogen functional groups attached to an aromatic ring is 1. The van der Waals surface area contributed by atoms with Crippen molar-refractivity contribution in [1.82, 2.24) is 4.98 Å². The molecule has 3 aromatic rings. The van der Waals surface area contributed by atoms with Crippen LogP contribution in [0.15, 0.2) is 42.5 Å². The average Bonchev–Trinajstić information content (AvgIpc) is 2.84. The maximum absolute atomic E-state index is 5.77. The molecular weight excluding hydrogens is 278 g/mol. The van der Waals surface area contributed by atoms with Crippen molar-refractivity contribution in [3.63, 3.8) is 0 Å². The zero-order valence-corrected chi connectivity index (χ0v) is 13.2. The van der Waals surface area contributed by atoms with Gasteiger partial charge in [0.15, 0.2) is 5.13 Å². The molecule has 1 heterocycles. The van der Waals surface area contributed by atoms with Gasteiger partial charge in [0, 0.05) is 18.8 Å². The van der Waals surface area contributed by atoms with Crippen LogP contribution in [0.5, 0.6) is 0 Å². The lowest BCUT2D eigenvalue weighted by Crippen LogP contribution is -2.21. The van der Waals surface area contributed by atoms with Gasteiger partial charge in [-0.05, 0) is 49.2 Å². The Morgan fingerprint density at radius 1 is 1.19 bits per heavy atom. The average molecular weight is 297 g/mol. The van der Waals surface area contributed by atoms with Crippen molar-refractivity contribution in [2.75, 3.05) is 17.2 Å². The lowest BCUT2D eigenvalue weighted by atomic mass is 10.1. The molecule has 0 saturated heterocycles. The van der Waals surface area contributed by atoms with E-state index in [0.717, 1.165) is 23.3 Å². The van der Waals surface area contributed by atoms with E-state index in [2.05, 4.69) is 66.2 Å². The zero-order valence-electron chi connectivity index (χ0n) is 12.3. The van der Waals surface area contributed by atoms with E-state index >= 15 is 0 Å². The second-order valence-corrected chi connectivity index (χ2v) is 6.27. The summed E-state index contributed by atoms with van der Waals surface area (Å²) in [6, 6.07) is 15.0. The van der Waals surface area contributed by atoms with Gasteiger partial charge >= 0.3 is 0 Å². The Bertz CT molecular complexity index is 764. The van der Waals surface area contributed by atoms with Gasteiger partial charge in [0.05, 0.1) is 10.2 Å². The van der Waals surface area contributed by atoms with Crippen LogP contribution in [-0.2, 0) is 6.54 Å². The highest BCUT2D eigenvalue weighted by atomic mass is 32.1. The molecule has 0 spiro atoms. The van der Waals surface area contributed by atoms with E-state index in [9.17, 15) is 0 Å². The number of hydrogen-bond donors (Lipinski definition) is 1. The van der Waals surface area contributed by atoms with Gasteiger partial charge in [0.25, 0.3) is 0 Å². The predicted octanol–water partition coefficient (Wildman–Crippen LogP) is 4.21. The van der Waals surface area contributed by atoms with Crippen LogP contribution in [0.3, 0.4) is 0 Å². The van der Waals surface area contributed by atoms with Gasteiger partial charge in [-0.1, -0.05) is 29.5 Å². The summed E-state index contributed by atoms with van der Waals surface area (Å²) in [6.45, 7) is 6.19. The summed E-state index contributed by atoms with van der Waals surface area (Å²) < 4.78 is 1.16. The van der Waals surface area contributed by atoms with E-state index in [0.29, 0.717) is 5.13 Å². The second kappa shape index (κ2) is 5.74. The number of benzene rings is 2. The SMILES string of the molecule is CCN(Cc1ccc2nc(N)sc2c1)c1cccc(C)c1. The highest BCUT2D eigenvalue weighted by Crippen LogP contribution is 2.26. The molecule has 0 saturated carbocycles. The van der Waals surface area contributed by atoms with Gasteiger partial charge in [-0.25, -0.2) is 4.98 Å². The van der Waals surface area contributed by atoms with Gasteiger partial charge in [0.2, 0.25) is 0 Å². The molecule has 3 rings (SSSR count). The molecule has 108 valence electrons. The van der Waals surface area contributed by atoms with Gasteiger partial charge in [-0.3, -0.25) is 0 Å².